The van der Waals surface area contributed by atoms with Gasteiger partial charge in [-0.2, -0.15) is 11.8 Å². The van der Waals surface area contributed by atoms with E-state index in [-0.39, 0.29) is 0 Å². The topological polar surface area (TPSA) is 18.5 Å². The molecule has 4 heteroatoms. The van der Waals surface area contributed by atoms with Gasteiger partial charge in [0.15, 0.2) is 0 Å². The van der Waals surface area contributed by atoms with Crippen molar-refractivity contribution in [3.05, 3.63) is 28.7 Å². The third-order valence-corrected chi connectivity index (χ3v) is 4.92. The van der Waals surface area contributed by atoms with E-state index in [0.29, 0.717) is 11.4 Å². The number of ether oxygens (including phenoxy) is 2. The molecule has 0 radical (unpaired) electrons. The molecule has 1 aliphatic heterocycles. The molecule has 94 valence electrons. The lowest BCUT2D eigenvalue weighted by Gasteiger charge is -2.14. The smallest absolute Gasteiger partial charge is 0.133 e. The van der Waals surface area contributed by atoms with Crippen molar-refractivity contribution in [1.29, 1.82) is 0 Å². The van der Waals surface area contributed by atoms with Crippen LogP contribution < -0.4 is 4.74 Å². The maximum atomic E-state index is 5.72. The summed E-state index contributed by atoms with van der Waals surface area (Å²) < 4.78 is 12.3. The summed E-state index contributed by atoms with van der Waals surface area (Å²) in [6.45, 7) is 3.81. The highest BCUT2D eigenvalue weighted by atomic mass is 79.9. The predicted molar refractivity (Wildman–Crippen MR) is 75.9 cm³/mol. The zero-order chi connectivity index (χ0) is 12.1. The number of rotatable bonds is 5. The average molecular weight is 317 g/mol. The predicted octanol–water partition coefficient (Wildman–Crippen LogP) is 3.74. The summed E-state index contributed by atoms with van der Waals surface area (Å²) in [4.78, 5) is 0. The lowest BCUT2D eigenvalue weighted by atomic mass is 10.3. The van der Waals surface area contributed by atoms with Gasteiger partial charge in [-0.05, 0) is 41.4 Å². The Hall–Kier alpha value is -0.190. The first-order valence-electron chi connectivity index (χ1n) is 5.88. The molecule has 0 spiro atoms. The number of benzene rings is 1. The van der Waals surface area contributed by atoms with Crippen LogP contribution in [0.3, 0.4) is 0 Å². The van der Waals surface area contributed by atoms with Gasteiger partial charge in [-0.1, -0.05) is 12.1 Å². The first kappa shape index (κ1) is 13.2. The van der Waals surface area contributed by atoms with Crippen LogP contribution in [0.25, 0.3) is 0 Å². The third kappa shape index (κ3) is 3.90. The van der Waals surface area contributed by atoms with Crippen LogP contribution in [0.2, 0.25) is 0 Å². The van der Waals surface area contributed by atoms with Crippen molar-refractivity contribution < 1.29 is 9.47 Å². The van der Waals surface area contributed by atoms with Gasteiger partial charge in [0.1, 0.15) is 5.75 Å². The zero-order valence-corrected chi connectivity index (χ0v) is 12.3. The minimum Gasteiger partial charge on any atom is -0.492 e. The molecule has 1 aromatic carbocycles. The van der Waals surface area contributed by atoms with Gasteiger partial charge in [0.2, 0.25) is 0 Å². The highest BCUT2D eigenvalue weighted by Gasteiger charge is 2.24. The Morgan fingerprint density at radius 1 is 1.47 bits per heavy atom. The maximum Gasteiger partial charge on any atom is 0.133 e. The van der Waals surface area contributed by atoms with Crippen LogP contribution in [0.5, 0.6) is 5.75 Å². The SMILES string of the molecule is CC1OCCC1SCCOc1ccccc1Br. The molecule has 0 amide bonds. The highest BCUT2D eigenvalue weighted by Crippen LogP contribution is 2.27. The molecule has 1 aromatic rings. The summed E-state index contributed by atoms with van der Waals surface area (Å²) in [5.74, 6) is 1.93. The largest absolute Gasteiger partial charge is 0.492 e. The van der Waals surface area contributed by atoms with Crippen LogP contribution in [-0.2, 0) is 4.74 Å². The van der Waals surface area contributed by atoms with Gasteiger partial charge in [0.25, 0.3) is 0 Å². The molecule has 0 aliphatic carbocycles. The summed E-state index contributed by atoms with van der Waals surface area (Å²) >= 11 is 5.42. The first-order chi connectivity index (χ1) is 8.27. The van der Waals surface area contributed by atoms with E-state index in [2.05, 4.69) is 22.9 Å². The quantitative estimate of drug-likeness (QED) is 0.771. The monoisotopic (exact) mass is 316 g/mol. The Bertz CT molecular complexity index is 359. The molecule has 1 aliphatic rings. The number of halogens is 1. The molecule has 0 aromatic heterocycles. The Balaban J connectivity index is 1.68. The van der Waals surface area contributed by atoms with Gasteiger partial charge in [0, 0.05) is 17.6 Å². The van der Waals surface area contributed by atoms with Gasteiger partial charge in [-0.3, -0.25) is 0 Å². The van der Waals surface area contributed by atoms with Gasteiger partial charge in [-0.25, -0.2) is 0 Å². The van der Waals surface area contributed by atoms with Gasteiger partial charge in [0.05, 0.1) is 17.2 Å². The normalized spacial score (nSPS) is 23.9. The molecule has 0 saturated carbocycles. The Kier molecular flexibility index (Phi) is 5.19. The van der Waals surface area contributed by atoms with Crippen LogP contribution in [0, 0.1) is 0 Å². The number of thioether (sulfide) groups is 1. The fourth-order valence-electron chi connectivity index (χ4n) is 1.84. The van der Waals surface area contributed by atoms with Crippen LogP contribution in [0.1, 0.15) is 13.3 Å². The van der Waals surface area contributed by atoms with Crippen molar-refractivity contribution in [2.45, 2.75) is 24.7 Å². The summed E-state index contributed by atoms with van der Waals surface area (Å²) in [6.07, 6.45) is 1.56. The molecule has 0 N–H and O–H groups in total. The minimum atomic E-state index is 0.392. The molecule has 2 atom stereocenters. The Labute approximate surface area is 115 Å². The number of para-hydroxylation sites is 1. The second kappa shape index (κ2) is 6.66. The van der Waals surface area contributed by atoms with Crippen molar-refractivity contribution in [1.82, 2.24) is 0 Å². The summed E-state index contributed by atoms with van der Waals surface area (Å²) in [5, 5.41) is 0.637. The number of hydrogen-bond acceptors (Lipinski definition) is 3. The van der Waals surface area contributed by atoms with Crippen LogP contribution in [0.15, 0.2) is 28.7 Å². The number of hydrogen-bond donors (Lipinski definition) is 0. The second-order valence-electron chi connectivity index (χ2n) is 4.05. The molecule has 1 fully saturated rings. The fraction of sp³-hybridized carbons (Fsp3) is 0.538. The first-order valence-corrected chi connectivity index (χ1v) is 7.72. The molecule has 17 heavy (non-hydrogen) atoms. The van der Waals surface area contributed by atoms with Crippen molar-refractivity contribution in [2.75, 3.05) is 19.0 Å². The van der Waals surface area contributed by atoms with Crippen LogP contribution in [0.4, 0.5) is 0 Å². The highest BCUT2D eigenvalue weighted by molar-refractivity contribution is 9.10. The molecule has 0 bridgehead atoms. The molecule has 1 saturated heterocycles. The van der Waals surface area contributed by atoms with E-state index < -0.39 is 0 Å². The van der Waals surface area contributed by atoms with Crippen molar-refractivity contribution in [3.8, 4) is 5.75 Å². The lowest BCUT2D eigenvalue weighted by molar-refractivity contribution is 0.127. The van der Waals surface area contributed by atoms with Crippen molar-refractivity contribution in [2.24, 2.45) is 0 Å². The van der Waals surface area contributed by atoms with Crippen LogP contribution in [-0.4, -0.2) is 30.3 Å². The van der Waals surface area contributed by atoms with E-state index >= 15 is 0 Å². The summed E-state index contributed by atoms with van der Waals surface area (Å²) in [6, 6.07) is 7.95. The van der Waals surface area contributed by atoms with Gasteiger partial charge >= 0.3 is 0 Å². The molecular weight excluding hydrogens is 300 g/mol. The van der Waals surface area contributed by atoms with Crippen molar-refractivity contribution >= 4 is 27.7 Å². The average Bonchev–Trinajstić information content (AvgIpc) is 2.73. The van der Waals surface area contributed by atoms with E-state index in [0.717, 1.165) is 29.2 Å². The third-order valence-electron chi connectivity index (χ3n) is 2.82. The molecule has 2 unspecified atom stereocenters. The molecular formula is C13H17BrO2S. The lowest BCUT2D eigenvalue weighted by Crippen LogP contribution is -2.15. The molecule has 2 rings (SSSR count). The molecule has 1 heterocycles. The standard InChI is InChI=1S/C13H17BrO2S/c1-10-13(6-7-15-10)17-9-8-16-12-5-3-2-4-11(12)14/h2-5,10,13H,6-9H2,1H3. The zero-order valence-electron chi connectivity index (χ0n) is 9.90. The second-order valence-corrected chi connectivity index (χ2v) is 6.25. The van der Waals surface area contributed by atoms with E-state index in [1.807, 2.05) is 36.0 Å². The van der Waals surface area contributed by atoms with E-state index in [4.69, 9.17) is 9.47 Å². The minimum absolute atomic E-state index is 0.392. The van der Waals surface area contributed by atoms with Gasteiger partial charge in [-0.15, -0.1) is 0 Å². The van der Waals surface area contributed by atoms with E-state index in [1.54, 1.807) is 0 Å². The van der Waals surface area contributed by atoms with Crippen molar-refractivity contribution in [3.63, 3.8) is 0 Å². The summed E-state index contributed by atoms with van der Waals surface area (Å²) in [5.41, 5.74) is 0. The van der Waals surface area contributed by atoms with Crippen LogP contribution >= 0.6 is 27.7 Å². The Morgan fingerprint density at radius 3 is 3.00 bits per heavy atom. The molecule has 2 nitrogen and oxygen atoms in total. The Morgan fingerprint density at radius 2 is 2.29 bits per heavy atom. The van der Waals surface area contributed by atoms with E-state index in [1.165, 1.54) is 6.42 Å². The maximum absolute atomic E-state index is 5.72. The van der Waals surface area contributed by atoms with Gasteiger partial charge < -0.3 is 9.47 Å². The fourth-order valence-corrected chi connectivity index (χ4v) is 3.34. The summed E-state index contributed by atoms with van der Waals surface area (Å²) in [7, 11) is 0. The van der Waals surface area contributed by atoms with E-state index in [9.17, 15) is 0 Å².